The molecule has 0 fully saturated rings. The van der Waals surface area contributed by atoms with Crippen LogP contribution in [0.15, 0.2) is 18.2 Å². The van der Waals surface area contributed by atoms with E-state index in [0.717, 1.165) is 6.42 Å². The van der Waals surface area contributed by atoms with E-state index in [1.807, 2.05) is 13.8 Å². The first kappa shape index (κ1) is 17.2. The monoisotopic (exact) mass is 278 g/mol. The summed E-state index contributed by atoms with van der Waals surface area (Å²) in [6.07, 6.45) is 1.08. The van der Waals surface area contributed by atoms with Crippen molar-refractivity contribution in [2.45, 2.75) is 72.2 Å². The number of hydrogen-bond donors (Lipinski definition) is 0. The molecule has 114 valence electrons. The minimum Gasteiger partial charge on any atom is -0.376 e. The van der Waals surface area contributed by atoms with Crippen LogP contribution >= 0.6 is 0 Å². The van der Waals surface area contributed by atoms with Crippen LogP contribution in [0, 0.1) is 0 Å². The summed E-state index contributed by atoms with van der Waals surface area (Å²) in [5, 5.41) is 0. The van der Waals surface area contributed by atoms with Gasteiger partial charge in [0.2, 0.25) is 0 Å². The van der Waals surface area contributed by atoms with E-state index in [1.165, 1.54) is 16.7 Å². The van der Waals surface area contributed by atoms with Gasteiger partial charge in [0.15, 0.2) is 0 Å². The Hall–Kier alpha value is -0.860. The largest absolute Gasteiger partial charge is 0.376 e. The quantitative estimate of drug-likeness (QED) is 0.797. The average molecular weight is 278 g/mol. The van der Waals surface area contributed by atoms with Crippen LogP contribution in [0.4, 0.5) is 0 Å². The number of benzene rings is 1. The second-order valence-corrected chi connectivity index (χ2v) is 5.95. The van der Waals surface area contributed by atoms with Crippen LogP contribution in [0.25, 0.3) is 0 Å². The van der Waals surface area contributed by atoms with Crippen LogP contribution in [0.5, 0.6) is 0 Å². The molecule has 2 nitrogen and oxygen atoms in total. The molecule has 0 saturated heterocycles. The molecule has 20 heavy (non-hydrogen) atoms. The summed E-state index contributed by atoms with van der Waals surface area (Å²) in [6, 6.07) is 6.56. The maximum Gasteiger partial charge on any atom is 0.0904 e. The van der Waals surface area contributed by atoms with E-state index >= 15 is 0 Å². The Bertz CT molecular complexity index is 421. The number of ether oxygens (including phenoxy) is 2. The zero-order valence-electron chi connectivity index (χ0n) is 14.1. The second-order valence-electron chi connectivity index (χ2n) is 5.95. The molecule has 1 atom stereocenters. The van der Waals surface area contributed by atoms with E-state index in [1.54, 1.807) is 7.11 Å². The summed E-state index contributed by atoms with van der Waals surface area (Å²) < 4.78 is 11.5. The third kappa shape index (κ3) is 3.62. The van der Waals surface area contributed by atoms with Crippen molar-refractivity contribution in [1.82, 2.24) is 0 Å². The van der Waals surface area contributed by atoms with E-state index in [2.05, 4.69) is 45.9 Å². The summed E-state index contributed by atoms with van der Waals surface area (Å²) in [4.78, 5) is 0. The van der Waals surface area contributed by atoms with Crippen molar-refractivity contribution in [2.24, 2.45) is 0 Å². The van der Waals surface area contributed by atoms with Gasteiger partial charge < -0.3 is 9.47 Å². The van der Waals surface area contributed by atoms with Gasteiger partial charge in [0.25, 0.3) is 0 Å². The van der Waals surface area contributed by atoms with Gasteiger partial charge in [-0.15, -0.1) is 0 Å². The fourth-order valence-electron chi connectivity index (χ4n) is 2.59. The Morgan fingerprint density at radius 1 is 1.25 bits per heavy atom. The maximum atomic E-state index is 5.97. The molecule has 0 radical (unpaired) electrons. The Morgan fingerprint density at radius 2 is 1.90 bits per heavy atom. The first-order valence-corrected chi connectivity index (χ1v) is 7.73. The van der Waals surface area contributed by atoms with Gasteiger partial charge in [-0.05, 0) is 36.5 Å². The summed E-state index contributed by atoms with van der Waals surface area (Å²) in [7, 11) is 1.76. The molecule has 1 aromatic rings. The summed E-state index contributed by atoms with van der Waals surface area (Å²) in [5.41, 5.74) is 4.02. The Morgan fingerprint density at radius 3 is 2.45 bits per heavy atom. The molecule has 0 aromatic heterocycles. The predicted molar refractivity (Wildman–Crippen MR) is 85.2 cm³/mol. The van der Waals surface area contributed by atoms with Gasteiger partial charge in [-0.3, -0.25) is 0 Å². The molecule has 1 aliphatic rings. The molecule has 1 aliphatic heterocycles. The highest BCUT2D eigenvalue weighted by molar-refractivity contribution is 5.38. The first-order valence-electron chi connectivity index (χ1n) is 7.73. The lowest BCUT2D eigenvalue weighted by Gasteiger charge is -2.37. The Balaban J connectivity index is 0.000000956. The third-order valence-corrected chi connectivity index (χ3v) is 4.06. The van der Waals surface area contributed by atoms with Crippen molar-refractivity contribution in [3.63, 3.8) is 0 Å². The van der Waals surface area contributed by atoms with E-state index in [9.17, 15) is 0 Å². The van der Waals surface area contributed by atoms with E-state index in [4.69, 9.17) is 9.47 Å². The number of hydrogen-bond acceptors (Lipinski definition) is 2. The predicted octanol–water partition coefficient (Wildman–Crippen LogP) is 4.70. The number of fused-ring (bicyclic) bond motifs is 1. The zero-order valence-corrected chi connectivity index (χ0v) is 14.1. The molecule has 2 rings (SSSR count). The Labute approximate surface area is 124 Å². The minimum absolute atomic E-state index is 0.134. The lowest BCUT2D eigenvalue weighted by atomic mass is 9.85. The fraction of sp³-hybridized carbons (Fsp3) is 0.667. The summed E-state index contributed by atoms with van der Waals surface area (Å²) in [5.74, 6) is 0.560. The molecular weight excluding hydrogens is 248 g/mol. The smallest absolute Gasteiger partial charge is 0.0904 e. The highest BCUT2D eigenvalue weighted by Crippen LogP contribution is 2.32. The molecule has 1 unspecified atom stereocenters. The highest BCUT2D eigenvalue weighted by atomic mass is 16.5. The molecule has 1 heterocycles. The van der Waals surface area contributed by atoms with Gasteiger partial charge in [0, 0.05) is 13.5 Å². The van der Waals surface area contributed by atoms with Crippen LogP contribution in [0.3, 0.4) is 0 Å². The van der Waals surface area contributed by atoms with Gasteiger partial charge in [-0.2, -0.15) is 0 Å². The molecule has 0 bridgehead atoms. The van der Waals surface area contributed by atoms with Gasteiger partial charge in [0.1, 0.15) is 0 Å². The highest BCUT2D eigenvalue weighted by Gasteiger charge is 2.34. The molecule has 0 amide bonds. The van der Waals surface area contributed by atoms with Gasteiger partial charge in [-0.1, -0.05) is 45.9 Å². The number of rotatable bonds is 3. The fourth-order valence-corrected chi connectivity index (χ4v) is 2.59. The third-order valence-electron chi connectivity index (χ3n) is 4.06. The zero-order chi connectivity index (χ0) is 15.3. The van der Waals surface area contributed by atoms with Crippen molar-refractivity contribution >= 4 is 0 Å². The van der Waals surface area contributed by atoms with Crippen molar-refractivity contribution < 1.29 is 9.47 Å². The summed E-state index contributed by atoms with van der Waals surface area (Å²) in [6.45, 7) is 13.4. The molecule has 1 aromatic carbocycles. The van der Waals surface area contributed by atoms with E-state index in [-0.39, 0.29) is 11.7 Å². The van der Waals surface area contributed by atoms with Crippen molar-refractivity contribution in [3.8, 4) is 0 Å². The van der Waals surface area contributed by atoms with Crippen LogP contribution in [-0.2, 0) is 22.5 Å². The van der Waals surface area contributed by atoms with Crippen LogP contribution < -0.4 is 0 Å². The standard InChI is InChI=1S/C16H24O2.C2H6/c1-11(2)13-8-6-7-12-10-18-15(9-14(12)13)16(3,4)17-5;1-2/h6-8,11,15H,9-10H2,1-5H3;1-2H3. The molecule has 0 N–H and O–H groups in total. The lowest BCUT2D eigenvalue weighted by molar-refractivity contribution is -0.120. The molecule has 0 saturated carbocycles. The van der Waals surface area contributed by atoms with Crippen LogP contribution in [-0.4, -0.2) is 18.8 Å². The van der Waals surface area contributed by atoms with Crippen LogP contribution in [0.1, 0.15) is 64.2 Å². The van der Waals surface area contributed by atoms with E-state index < -0.39 is 0 Å². The van der Waals surface area contributed by atoms with Gasteiger partial charge in [0.05, 0.1) is 18.3 Å². The van der Waals surface area contributed by atoms with Crippen molar-refractivity contribution in [3.05, 3.63) is 34.9 Å². The SMILES string of the molecule is CC.COC(C)(C)C1Cc2c(cccc2C(C)C)CO1. The molecular formula is C18H30O2. The minimum atomic E-state index is -0.234. The van der Waals surface area contributed by atoms with Crippen molar-refractivity contribution in [2.75, 3.05) is 7.11 Å². The first-order chi connectivity index (χ1) is 9.45. The average Bonchev–Trinajstić information content (AvgIpc) is 2.48. The molecule has 0 spiro atoms. The van der Waals surface area contributed by atoms with E-state index in [0.29, 0.717) is 12.5 Å². The second kappa shape index (κ2) is 7.24. The number of methoxy groups -OCH3 is 1. The lowest BCUT2D eigenvalue weighted by Crippen LogP contribution is -2.43. The molecule has 2 heteroatoms. The molecule has 0 aliphatic carbocycles. The van der Waals surface area contributed by atoms with Gasteiger partial charge >= 0.3 is 0 Å². The Kier molecular flexibility index (Phi) is 6.22. The summed E-state index contributed by atoms with van der Waals surface area (Å²) >= 11 is 0. The normalized spacial score (nSPS) is 18.3. The van der Waals surface area contributed by atoms with Gasteiger partial charge in [-0.25, -0.2) is 0 Å². The maximum absolute atomic E-state index is 5.97. The van der Waals surface area contributed by atoms with Crippen molar-refractivity contribution in [1.29, 1.82) is 0 Å². The van der Waals surface area contributed by atoms with Crippen LogP contribution in [0.2, 0.25) is 0 Å². The topological polar surface area (TPSA) is 18.5 Å².